The molecule has 1 fully saturated rings. The standard InChI is InChI=1S/C17H24N4O3/c1-4-23-17(9-10-22-11-17)15-19-16(21-20-15)18-13-5-7-14(8-6-13)24-12(2)3/h5-8,12H,4,9-11H2,1-3H3,(H2,18,19,20,21). The van der Waals surface area contributed by atoms with Crippen molar-refractivity contribution in [1.29, 1.82) is 0 Å². The van der Waals surface area contributed by atoms with Gasteiger partial charge in [-0.05, 0) is 45.0 Å². The van der Waals surface area contributed by atoms with Crippen molar-refractivity contribution in [3.63, 3.8) is 0 Å². The minimum atomic E-state index is -0.517. The van der Waals surface area contributed by atoms with Crippen molar-refractivity contribution in [2.24, 2.45) is 0 Å². The fourth-order valence-electron chi connectivity index (χ4n) is 2.73. The molecule has 24 heavy (non-hydrogen) atoms. The van der Waals surface area contributed by atoms with Gasteiger partial charge in [-0.15, -0.1) is 5.10 Å². The first-order valence-corrected chi connectivity index (χ1v) is 8.29. The second kappa shape index (κ2) is 7.19. The fraction of sp³-hybridized carbons (Fsp3) is 0.529. The van der Waals surface area contributed by atoms with E-state index in [2.05, 4.69) is 20.5 Å². The fourth-order valence-corrected chi connectivity index (χ4v) is 2.73. The van der Waals surface area contributed by atoms with Crippen LogP contribution in [0.3, 0.4) is 0 Å². The predicted octanol–water partition coefficient (Wildman–Crippen LogP) is 2.99. The zero-order chi connectivity index (χ0) is 17.0. The predicted molar refractivity (Wildman–Crippen MR) is 90.6 cm³/mol. The monoisotopic (exact) mass is 332 g/mol. The molecule has 1 unspecified atom stereocenters. The van der Waals surface area contributed by atoms with Gasteiger partial charge in [-0.25, -0.2) is 0 Å². The van der Waals surface area contributed by atoms with Crippen LogP contribution in [0, 0.1) is 0 Å². The van der Waals surface area contributed by atoms with Gasteiger partial charge in [-0.1, -0.05) is 0 Å². The zero-order valence-electron chi connectivity index (χ0n) is 14.3. The third kappa shape index (κ3) is 3.68. The molecule has 0 aliphatic carbocycles. The molecule has 2 N–H and O–H groups in total. The van der Waals surface area contributed by atoms with Gasteiger partial charge < -0.3 is 19.5 Å². The van der Waals surface area contributed by atoms with Crippen molar-refractivity contribution >= 4 is 11.6 Å². The number of hydrogen-bond acceptors (Lipinski definition) is 6. The first-order valence-electron chi connectivity index (χ1n) is 8.29. The van der Waals surface area contributed by atoms with Gasteiger partial charge in [0.05, 0.1) is 19.3 Å². The lowest BCUT2D eigenvalue weighted by Gasteiger charge is -2.24. The highest BCUT2D eigenvalue weighted by atomic mass is 16.6. The van der Waals surface area contributed by atoms with E-state index in [1.165, 1.54) is 0 Å². The minimum absolute atomic E-state index is 0.155. The summed E-state index contributed by atoms with van der Waals surface area (Å²) in [6, 6.07) is 7.71. The Balaban J connectivity index is 1.69. The molecule has 130 valence electrons. The van der Waals surface area contributed by atoms with Gasteiger partial charge in [0.25, 0.3) is 0 Å². The number of hydrogen-bond donors (Lipinski definition) is 2. The molecule has 0 radical (unpaired) electrons. The summed E-state index contributed by atoms with van der Waals surface area (Å²) in [5.41, 5.74) is 0.376. The number of anilines is 2. The summed E-state index contributed by atoms with van der Waals surface area (Å²) in [6.45, 7) is 7.74. The van der Waals surface area contributed by atoms with Crippen molar-refractivity contribution < 1.29 is 14.2 Å². The first kappa shape index (κ1) is 16.7. The summed E-state index contributed by atoms with van der Waals surface area (Å²) < 4.78 is 17.0. The highest BCUT2D eigenvalue weighted by molar-refractivity contribution is 5.54. The SMILES string of the molecule is CCOC1(c2nc(Nc3ccc(OC(C)C)cc3)n[nH]2)CCOC1. The molecule has 2 aromatic rings. The van der Waals surface area contributed by atoms with Gasteiger partial charge in [-0.2, -0.15) is 4.98 Å². The lowest BCUT2D eigenvalue weighted by molar-refractivity contribution is -0.0542. The minimum Gasteiger partial charge on any atom is -0.491 e. The molecule has 3 rings (SSSR count). The van der Waals surface area contributed by atoms with Crippen LogP contribution in [0.2, 0.25) is 0 Å². The van der Waals surface area contributed by atoms with Gasteiger partial charge in [0, 0.05) is 18.7 Å². The summed E-state index contributed by atoms with van der Waals surface area (Å²) in [4.78, 5) is 4.54. The normalized spacial score (nSPS) is 20.5. The maximum atomic E-state index is 5.89. The molecular weight excluding hydrogens is 308 g/mol. The number of aromatic amines is 1. The molecule has 1 aliphatic heterocycles. The number of ether oxygens (including phenoxy) is 3. The van der Waals surface area contributed by atoms with E-state index in [-0.39, 0.29) is 6.10 Å². The number of H-pyrrole nitrogens is 1. The highest BCUT2D eigenvalue weighted by Crippen LogP contribution is 2.32. The Morgan fingerprint density at radius 3 is 2.75 bits per heavy atom. The van der Waals surface area contributed by atoms with Gasteiger partial charge in [0.1, 0.15) is 5.75 Å². The lowest BCUT2D eigenvalue weighted by Crippen LogP contribution is -2.31. The van der Waals surface area contributed by atoms with E-state index in [4.69, 9.17) is 14.2 Å². The van der Waals surface area contributed by atoms with E-state index in [9.17, 15) is 0 Å². The van der Waals surface area contributed by atoms with Crippen LogP contribution in [-0.2, 0) is 15.1 Å². The Hall–Kier alpha value is -2.12. The largest absolute Gasteiger partial charge is 0.491 e. The Morgan fingerprint density at radius 2 is 2.12 bits per heavy atom. The molecule has 0 bridgehead atoms. The van der Waals surface area contributed by atoms with Crippen LogP contribution >= 0.6 is 0 Å². The molecule has 1 aliphatic rings. The van der Waals surface area contributed by atoms with Crippen molar-refractivity contribution in [3.8, 4) is 5.75 Å². The van der Waals surface area contributed by atoms with Crippen molar-refractivity contribution in [1.82, 2.24) is 15.2 Å². The van der Waals surface area contributed by atoms with Crippen LogP contribution in [-0.4, -0.2) is 41.1 Å². The molecule has 1 aromatic heterocycles. The molecular formula is C17H24N4O3. The maximum absolute atomic E-state index is 5.89. The average Bonchev–Trinajstić information content (AvgIpc) is 3.19. The number of nitrogens with zero attached hydrogens (tertiary/aromatic N) is 2. The zero-order valence-corrected chi connectivity index (χ0v) is 14.3. The number of nitrogens with one attached hydrogen (secondary N) is 2. The Kier molecular flexibility index (Phi) is 5.01. The third-order valence-corrected chi connectivity index (χ3v) is 3.81. The van der Waals surface area contributed by atoms with Crippen LogP contribution in [0.5, 0.6) is 5.75 Å². The quantitative estimate of drug-likeness (QED) is 0.811. The van der Waals surface area contributed by atoms with Crippen molar-refractivity contribution in [3.05, 3.63) is 30.1 Å². The highest BCUT2D eigenvalue weighted by Gasteiger charge is 2.40. The van der Waals surface area contributed by atoms with Crippen LogP contribution < -0.4 is 10.1 Å². The molecule has 1 atom stereocenters. The number of benzene rings is 1. The lowest BCUT2D eigenvalue weighted by atomic mass is 10.0. The van der Waals surface area contributed by atoms with E-state index in [1.54, 1.807) is 0 Å². The molecule has 1 saturated heterocycles. The maximum Gasteiger partial charge on any atom is 0.246 e. The molecule has 1 aromatic carbocycles. The van der Waals surface area contributed by atoms with E-state index in [1.807, 2.05) is 45.0 Å². The van der Waals surface area contributed by atoms with Crippen LogP contribution in [0.4, 0.5) is 11.6 Å². The van der Waals surface area contributed by atoms with Crippen molar-refractivity contribution in [2.45, 2.75) is 38.9 Å². The smallest absolute Gasteiger partial charge is 0.246 e. The van der Waals surface area contributed by atoms with Crippen LogP contribution in [0.25, 0.3) is 0 Å². The molecule has 7 heteroatoms. The van der Waals surface area contributed by atoms with E-state index >= 15 is 0 Å². The second-order valence-electron chi connectivity index (χ2n) is 6.05. The Bertz CT molecular complexity index is 648. The van der Waals surface area contributed by atoms with Crippen molar-refractivity contribution in [2.75, 3.05) is 25.1 Å². The van der Waals surface area contributed by atoms with Gasteiger partial charge in [-0.3, -0.25) is 5.10 Å². The summed E-state index contributed by atoms with van der Waals surface area (Å²) in [6.07, 6.45) is 0.930. The van der Waals surface area contributed by atoms with Crippen LogP contribution in [0.1, 0.15) is 33.0 Å². The number of aromatic nitrogens is 3. The van der Waals surface area contributed by atoms with Crippen LogP contribution in [0.15, 0.2) is 24.3 Å². The van der Waals surface area contributed by atoms with Gasteiger partial charge in [0.15, 0.2) is 11.4 Å². The second-order valence-corrected chi connectivity index (χ2v) is 6.05. The van der Waals surface area contributed by atoms with Gasteiger partial charge in [0.2, 0.25) is 5.95 Å². The van der Waals surface area contributed by atoms with E-state index < -0.39 is 5.60 Å². The molecule has 0 spiro atoms. The van der Waals surface area contributed by atoms with E-state index in [0.29, 0.717) is 31.6 Å². The Morgan fingerprint density at radius 1 is 1.33 bits per heavy atom. The number of rotatable bonds is 7. The summed E-state index contributed by atoms with van der Waals surface area (Å²) in [5, 5.41) is 10.4. The summed E-state index contributed by atoms with van der Waals surface area (Å²) >= 11 is 0. The molecule has 7 nitrogen and oxygen atoms in total. The Labute approximate surface area is 141 Å². The first-order chi connectivity index (χ1) is 11.6. The molecule has 2 heterocycles. The molecule has 0 saturated carbocycles. The average molecular weight is 332 g/mol. The topological polar surface area (TPSA) is 81.3 Å². The summed E-state index contributed by atoms with van der Waals surface area (Å²) in [5.74, 6) is 2.04. The summed E-state index contributed by atoms with van der Waals surface area (Å²) in [7, 11) is 0. The van der Waals surface area contributed by atoms with Gasteiger partial charge >= 0.3 is 0 Å². The molecule has 0 amide bonds. The van der Waals surface area contributed by atoms with E-state index in [0.717, 1.165) is 17.9 Å². The third-order valence-electron chi connectivity index (χ3n) is 3.81.